The summed E-state index contributed by atoms with van der Waals surface area (Å²) in [7, 11) is 0. The Morgan fingerprint density at radius 2 is 0.926 bits per heavy atom. The summed E-state index contributed by atoms with van der Waals surface area (Å²) >= 11 is 0. The van der Waals surface area contributed by atoms with Crippen molar-refractivity contribution < 1.29 is 0 Å². The van der Waals surface area contributed by atoms with Crippen LogP contribution >= 0.6 is 0 Å². The molecule has 258 valence electrons. The summed E-state index contributed by atoms with van der Waals surface area (Å²) < 4.78 is 0. The molecule has 9 aromatic rings. The Bertz CT molecular complexity index is 2800. The average molecular weight is 693 g/mol. The van der Waals surface area contributed by atoms with Crippen molar-refractivity contribution in [2.24, 2.45) is 0 Å². The average Bonchev–Trinajstić information content (AvgIpc) is 3.22. The van der Waals surface area contributed by atoms with Gasteiger partial charge in [0, 0.05) is 28.2 Å². The van der Waals surface area contributed by atoms with Gasteiger partial charge in [0.05, 0.1) is 11.4 Å². The van der Waals surface area contributed by atoms with E-state index >= 15 is 0 Å². The van der Waals surface area contributed by atoms with Crippen LogP contribution in [0, 0.1) is 6.92 Å². The van der Waals surface area contributed by atoms with E-state index in [0.717, 1.165) is 22.7 Å². The Hall–Kier alpha value is -6.64. The predicted molar refractivity (Wildman–Crippen MR) is 231 cm³/mol. The van der Waals surface area contributed by atoms with Crippen LogP contribution in [0.1, 0.15) is 30.5 Å². The van der Waals surface area contributed by atoms with E-state index < -0.39 is 0 Å². The van der Waals surface area contributed by atoms with Crippen molar-refractivity contribution in [1.82, 2.24) is 0 Å². The van der Waals surface area contributed by atoms with E-state index in [4.69, 9.17) is 0 Å². The van der Waals surface area contributed by atoms with Crippen LogP contribution in [0.2, 0.25) is 0 Å². The van der Waals surface area contributed by atoms with Crippen LogP contribution in [-0.2, 0) is 5.41 Å². The highest BCUT2D eigenvalue weighted by molar-refractivity contribution is 6.27. The molecule has 10 rings (SSSR count). The van der Waals surface area contributed by atoms with Crippen molar-refractivity contribution in [3.8, 4) is 11.1 Å². The topological polar surface area (TPSA) is 6.48 Å². The van der Waals surface area contributed by atoms with Crippen molar-refractivity contribution in [3.63, 3.8) is 0 Å². The van der Waals surface area contributed by atoms with Gasteiger partial charge in [-0.3, -0.25) is 0 Å². The molecule has 0 aliphatic carbocycles. The summed E-state index contributed by atoms with van der Waals surface area (Å²) in [5.74, 6) is 0. The molecule has 0 saturated carbocycles. The Labute approximate surface area is 317 Å². The second-order valence-corrected chi connectivity index (χ2v) is 15.1. The lowest BCUT2D eigenvalue weighted by atomic mass is 9.70. The Morgan fingerprint density at radius 3 is 1.59 bits per heavy atom. The van der Waals surface area contributed by atoms with Gasteiger partial charge in [0.1, 0.15) is 0 Å². The van der Waals surface area contributed by atoms with E-state index in [0.29, 0.717) is 0 Å². The van der Waals surface area contributed by atoms with E-state index in [1.807, 2.05) is 0 Å². The van der Waals surface area contributed by atoms with Gasteiger partial charge in [0.25, 0.3) is 0 Å². The van der Waals surface area contributed by atoms with Crippen molar-refractivity contribution in [3.05, 3.63) is 205 Å². The highest BCUT2D eigenvalue weighted by atomic mass is 15.2. The zero-order chi connectivity index (χ0) is 36.4. The first-order chi connectivity index (χ1) is 26.5. The Kier molecular flexibility index (Phi) is 7.42. The smallest absolute Gasteiger partial charge is 0.0509 e. The molecule has 0 bridgehead atoms. The molecular formula is C52H40N2. The van der Waals surface area contributed by atoms with Crippen LogP contribution < -0.4 is 9.80 Å². The molecule has 0 saturated heterocycles. The minimum atomic E-state index is -0.341. The molecule has 0 spiro atoms. The summed E-state index contributed by atoms with van der Waals surface area (Å²) in [5.41, 5.74) is 12.9. The van der Waals surface area contributed by atoms with Crippen molar-refractivity contribution in [2.45, 2.75) is 26.2 Å². The van der Waals surface area contributed by atoms with Crippen LogP contribution in [0.25, 0.3) is 43.4 Å². The van der Waals surface area contributed by atoms with E-state index in [1.165, 1.54) is 71.5 Å². The quantitative estimate of drug-likeness (QED) is 0.166. The molecule has 2 nitrogen and oxygen atoms in total. The van der Waals surface area contributed by atoms with Crippen LogP contribution in [0.15, 0.2) is 188 Å². The molecule has 0 fully saturated rings. The van der Waals surface area contributed by atoms with Crippen LogP contribution in [0.5, 0.6) is 0 Å². The molecule has 9 aromatic carbocycles. The molecule has 1 aliphatic heterocycles. The molecule has 0 atom stereocenters. The van der Waals surface area contributed by atoms with Gasteiger partial charge < -0.3 is 9.80 Å². The fraction of sp³-hybridized carbons (Fsp3) is 0.0769. The largest absolute Gasteiger partial charge is 0.310 e. The first kappa shape index (κ1) is 32.0. The van der Waals surface area contributed by atoms with Crippen molar-refractivity contribution in [2.75, 3.05) is 9.80 Å². The number of rotatable bonds is 5. The first-order valence-electron chi connectivity index (χ1n) is 18.9. The lowest BCUT2D eigenvalue weighted by molar-refractivity contribution is 0.638. The maximum Gasteiger partial charge on any atom is 0.0509 e. The third-order valence-electron chi connectivity index (χ3n) is 11.4. The molecule has 2 heteroatoms. The third-order valence-corrected chi connectivity index (χ3v) is 11.4. The maximum atomic E-state index is 2.49. The molecule has 0 amide bonds. The molecule has 0 radical (unpaired) electrons. The molecule has 0 unspecified atom stereocenters. The van der Waals surface area contributed by atoms with E-state index in [1.54, 1.807) is 0 Å². The van der Waals surface area contributed by atoms with Crippen molar-refractivity contribution in [1.29, 1.82) is 0 Å². The van der Waals surface area contributed by atoms with Gasteiger partial charge in [0.2, 0.25) is 0 Å². The zero-order valence-electron chi connectivity index (χ0n) is 30.8. The van der Waals surface area contributed by atoms with Gasteiger partial charge in [-0.05, 0) is 122 Å². The second-order valence-electron chi connectivity index (χ2n) is 15.1. The third kappa shape index (κ3) is 5.02. The van der Waals surface area contributed by atoms with Crippen LogP contribution in [0.4, 0.5) is 34.1 Å². The Balaban J connectivity index is 1.24. The number of nitrogens with zero attached hydrogens (tertiary/aromatic N) is 2. The zero-order valence-corrected chi connectivity index (χ0v) is 30.8. The highest BCUT2D eigenvalue weighted by Gasteiger charge is 2.39. The number of aryl methyl sites for hydroxylation is 1. The van der Waals surface area contributed by atoms with Crippen LogP contribution in [-0.4, -0.2) is 0 Å². The van der Waals surface area contributed by atoms with Gasteiger partial charge in [0.15, 0.2) is 0 Å². The molecule has 0 N–H and O–H groups in total. The minimum absolute atomic E-state index is 0.341. The second kappa shape index (κ2) is 12.5. The summed E-state index contributed by atoms with van der Waals surface area (Å²) in [5, 5.41) is 7.80. The van der Waals surface area contributed by atoms with Gasteiger partial charge in [-0.15, -0.1) is 0 Å². The normalized spacial score (nSPS) is 13.2. The SMILES string of the molecule is Cc1ccc(N2c3ccc(N(c4ccccc4)c4ccc(-c5ccccc5)cc4)cc3C(C)(C)c3c2ccc2c4ccccc4c4ccccc4c32)cc1. The lowest BCUT2D eigenvalue weighted by Gasteiger charge is -2.43. The molecule has 1 aliphatic rings. The summed E-state index contributed by atoms with van der Waals surface area (Å²) in [6.07, 6.45) is 0. The van der Waals surface area contributed by atoms with Gasteiger partial charge >= 0.3 is 0 Å². The Morgan fingerprint density at radius 1 is 0.426 bits per heavy atom. The van der Waals surface area contributed by atoms with E-state index in [2.05, 4.69) is 219 Å². The van der Waals surface area contributed by atoms with Gasteiger partial charge in [-0.2, -0.15) is 0 Å². The van der Waals surface area contributed by atoms with E-state index in [9.17, 15) is 0 Å². The fourth-order valence-electron chi connectivity index (χ4n) is 8.86. The highest BCUT2D eigenvalue weighted by Crippen LogP contribution is 2.56. The first-order valence-corrected chi connectivity index (χ1v) is 18.9. The van der Waals surface area contributed by atoms with E-state index in [-0.39, 0.29) is 5.41 Å². The van der Waals surface area contributed by atoms with Crippen LogP contribution in [0.3, 0.4) is 0 Å². The number of hydrogen-bond donors (Lipinski definition) is 0. The molecule has 54 heavy (non-hydrogen) atoms. The predicted octanol–water partition coefficient (Wildman–Crippen LogP) is 14.7. The van der Waals surface area contributed by atoms with Gasteiger partial charge in [-0.25, -0.2) is 0 Å². The number of benzene rings is 9. The molecular weight excluding hydrogens is 653 g/mol. The number of hydrogen-bond acceptors (Lipinski definition) is 2. The molecule has 0 aromatic heterocycles. The summed E-state index contributed by atoms with van der Waals surface area (Å²) in [4.78, 5) is 4.88. The fourth-order valence-corrected chi connectivity index (χ4v) is 8.86. The van der Waals surface area contributed by atoms with Gasteiger partial charge in [-0.1, -0.05) is 147 Å². The summed E-state index contributed by atoms with van der Waals surface area (Å²) in [6.45, 7) is 7.00. The minimum Gasteiger partial charge on any atom is -0.310 e. The number of para-hydroxylation sites is 1. The maximum absolute atomic E-state index is 2.49. The number of anilines is 6. The standard InChI is InChI=1S/C52H40N2/c1-35-22-26-40(27-23-35)54-48-32-30-41(53(38-16-8-5-9-17-38)39-28-24-37(25-29-39)36-14-6-4-7-15-36)34-47(48)52(2,3)51-49(54)33-31-46-44-20-11-10-18-42(44)43-19-12-13-21-45(43)50(46)51/h4-34H,1-3H3. The van der Waals surface area contributed by atoms with Crippen molar-refractivity contribution >= 4 is 66.4 Å². The number of fused-ring (bicyclic) bond motifs is 9. The summed E-state index contributed by atoms with van der Waals surface area (Å²) in [6, 6.07) is 69.0. The monoisotopic (exact) mass is 692 g/mol. The lowest BCUT2D eigenvalue weighted by Crippen LogP contribution is -2.31. The molecule has 1 heterocycles.